The van der Waals surface area contributed by atoms with Crippen molar-refractivity contribution in [2.24, 2.45) is 10.7 Å². The maximum absolute atomic E-state index is 13.3. The second-order valence-corrected chi connectivity index (χ2v) is 3.72. The molecule has 0 radical (unpaired) electrons. The Morgan fingerprint density at radius 3 is 2.73 bits per heavy atom. The zero-order chi connectivity index (χ0) is 11.4. The van der Waals surface area contributed by atoms with Crippen LogP contribution in [0.5, 0.6) is 0 Å². The number of hydrogen-bond acceptors (Lipinski definition) is 1. The summed E-state index contributed by atoms with van der Waals surface area (Å²) in [5.41, 5.74) is 6.92. The number of anilines is 1. The zero-order valence-electron chi connectivity index (χ0n) is 9.21. The van der Waals surface area contributed by atoms with Crippen molar-refractivity contribution < 1.29 is 4.39 Å². The van der Waals surface area contributed by atoms with Gasteiger partial charge < -0.3 is 11.1 Å². The molecule has 3 N–H and O–H groups in total. The first kappa shape index (κ1) is 11.5. The van der Waals surface area contributed by atoms with Gasteiger partial charge in [0.1, 0.15) is 5.82 Å². The van der Waals surface area contributed by atoms with Gasteiger partial charge in [0.2, 0.25) is 0 Å². The number of aryl methyl sites for hydroxylation is 1. The van der Waals surface area contributed by atoms with Gasteiger partial charge in [-0.25, -0.2) is 4.39 Å². The Morgan fingerprint density at radius 1 is 1.47 bits per heavy atom. The molecule has 0 aliphatic rings. The molecule has 0 aliphatic carbocycles. The van der Waals surface area contributed by atoms with Crippen LogP contribution in [0.3, 0.4) is 0 Å². The quantitative estimate of drug-likeness (QED) is 0.580. The molecular weight excluding hydrogens is 193 g/mol. The number of nitrogens with two attached hydrogens (primary N) is 1. The summed E-state index contributed by atoms with van der Waals surface area (Å²) < 4.78 is 13.3. The van der Waals surface area contributed by atoms with Crippen molar-refractivity contribution in [3.63, 3.8) is 0 Å². The summed E-state index contributed by atoms with van der Waals surface area (Å²) in [5, 5.41) is 2.74. The van der Waals surface area contributed by atoms with Gasteiger partial charge in [-0.15, -0.1) is 0 Å². The van der Waals surface area contributed by atoms with Crippen LogP contribution in [0.1, 0.15) is 19.4 Å². The summed E-state index contributed by atoms with van der Waals surface area (Å²) in [5.74, 6) is -0.1000. The first-order chi connectivity index (χ1) is 6.99. The van der Waals surface area contributed by atoms with Crippen LogP contribution in [0.25, 0.3) is 0 Å². The minimum Gasteiger partial charge on any atom is -0.370 e. The van der Waals surface area contributed by atoms with Gasteiger partial charge in [-0.05, 0) is 38.5 Å². The lowest BCUT2D eigenvalue weighted by Gasteiger charge is -2.08. The Morgan fingerprint density at radius 2 is 2.13 bits per heavy atom. The summed E-state index contributed by atoms with van der Waals surface area (Å²) in [6.45, 7) is 5.70. The van der Waals surface area contributed by atoms with Crippen LogP contribution in [0.15, 0.2) is 23.2 Å². The average molecular weight is 209 g/mol. The van der Waals surface area contributed by atoms with E-state index >= 15 is 0 Å². The van der Waals surface area contributed by atoms with Gasteiger partial charge in [-0.1, -0.05) is 6.07 Å². The first-order valence-corrected chi connectivity index (χ1v) is 4.85. The van der Waals surface area contributed by atoms with Crippen molar-refractivity contribution in [2.45, 2.75) is 26.8 Å². The number of halogens is 1. The van der Waals surface area contributed by atoms with E-state index < -0.39 is 0 Å². The summed E-state index contributed by atoms with van der Waals surface area (Å²) in [4.78, 5) is 4.06. The van der Waals surface area contributed by atoms with Crippen LogP contribution in [-0.2, 0) is 0 Å². The Labute approximate surface area is 89.2 Å². The second-order valence-electron chi connectivity index (χ2n) is 3.72. The van der Waals surface area contributed by atoms with Crippen LogP contribution < -0.4 is 11.1 Å². The van der Waals surface area contributed by atoms with Gasteiger partial charge in [0.25, 0.3) is 0 Å². The van der Waals surface area contributed by atoms with E-state index in [1.165, 1.54) is 6.07 Å². The Hall–Kier alpha value is -1.58. The van der Waals surface area contributed by atoms with Gasteiger partial charge in [0, 0.05) is 6.04 Å². The molecular formula is C11H16FN3. The number of rotatable bonds is 2. The molecule has 0 heterocycles. The predicted octanol–water partition coefficient (Wildman–Crippen LogP) is 2.27. The van der Waals surface area contributed by atoms with Crippen LogP contribution in [0, 0.1) is 12.7 Å². The lowest BCUT2D eigenvalue weighted by molar-refractivity contribution is 0.631. The van der Waals surface area contributed by atoms with Crippen LogP contribution >= 0.6 is 0 Å². The smallest absolute Gasteiger partial charge is 0.193 e. The zero-order valence-corrected chi connectivity index (χ0v) is 9.21. The van der Waals surface area contributed by atoms with E-state index in [4.69, 9.17) is 5.73 Å². The molecule has 1 rings (SSSR count). The van der Waals surface area contributed by atoms with Crippen molar-refractivity contribution in [1.82, 2.24) is 0 Å². The van der Waals surface area contributed by atoms with E-state index in [1.54, 1.807) is 12.1 Å². The fourth-order valence-electron chi connectivity index (χ4n) is 1.18. The molecule has 0 atom stereocenters. The molecule has 0 aliphatic heterocycles. The highest BCUT2D eigenvalue weighted by molar-refractivity contribution is 5.92. The number of nitrogens with zero attached hydrogens (tertiary/aromatic N) is 1. The maximum atomic E-state index is 13.3. The highest BCUT2D eigenvalue weighted by Crippen LogP contribution is 2.15. The van der Waals surface area contributed by atoms with Crippen LogP contribution in [-0.4, -0.2) is 12.0 Å². The molecule has 0 bridgehead atoms. The molecule has 15 heavy (non-hydrogen) atoms. The summed E-state index contributed by atoms with van der Waals surface area (Å²) >= 11 is 0. The van der Waals surface area contributed by atoms with Crippen molar-refractivity contribution in [2.75, 3.05) is 5.32 Å². The van der Waals surface area contributed by atoms with E-state index in [1.807, 2.05) is 20.8 Å². The van der Waals surface area contributed by atoms with Crippen molar-refractivity contribution in [1.29, 1.82) is 0 Å². The van der Waals surface area contributed by atoms with Crippen LogP contribution in [0.4, 0.5) is 10.1 Å². The normalized spacial score (nSPS) is 11.9. The molecule has 1 aromatic rings. The molecule has 0 aromatic heterocycles. The van der Waals surface area contributed by atoms with Gasteiger partial charge in [-0.2, -0.15) is 0 Å². The molecule has 0 fully saturated rings. The number of aliphatic imine (C=N–C) groups is 1. The third-order valence-corrected chi connectivity index (χ3v) is 1.78. The highest BCUT2D eigenvalue weighted by atomic mass is 19.1. The minimum absolute atomic E-state index is 0.0883. The third kappa shape index (κ3) is 3.58. The van der Waals surface area contributed by atoms with E-state index in [0.29, 0.717) is 5.69 Å². The molecule has 0 amide bonds. The maximum Gasteiger partial charge on any atom is 0.193 e. The van der Waals surface area contributed by atoms with E-state index in [0.717, 1.165) is 5.56 Å². The molecule has 0 saturated carbocycles. The van der Waals surface area contributed by atoms with Gasteiger partial charge >= 0.3 is 0 Å². The minimum atomic E-state index is -0.331. The topological polar surface area (TPSA) is 50.4 Å². The number of nitrogens with one attached hydrogen (secondary N) is 1. The lowest BCUT2D eigenvalue weighted by Crippen LogP contribution is -2.24. The third-order valence-electron chi connectivity index (χ3n) is 1.78. The van der Waals surface area contributed by atoms with Crippen molar-refractivity contribution in [3.05, 3.63) is 29.6 Å². The molecule has 1 aromatic carbocycles. The van der Waals surface area contributed by atoms with E-state index in [9.17, 15) is 4.39 Å². The Kier molecular flexibility index (Phi) is 3.66. The first-order valence-electron chi connectivity index (χ1n) is 4.85. The van der Waals surface area contributed by atoms with E-state index in [2.05, 4.69) is 10.3 Å². The fourth-order valence-corrected chi connectivity index (χ4v) is 1.18. The molecule has 0 saturated heterocycles. The Balaban J connectivity index is 2.85. The SMILES string of the molecule is Cc1ccc(F)c(NC(N)=NC(C)C)c1. The monoisotopic (exact) mass is 209 g/mol. The summed E-state index contributed by atoms with van der Waals surface area (Å²) in [6, 6.07) is 4.89. The van der Waals surface area contributed by atoms with Gasteiger partial charge in [0.15, 0.2) is 5.96 Å². The number of benzene rings is 1. The van der Waals surface area contributed by atoms with E-state index in [-0.39, 0.29) is 17.8 Å². The lowest BCUT2D eigenvalue weighted by atomic mass is 10.2. The molecule has 4 heteroatoms. The highest BCUT2D eigenvalue weighted by Gasteiger charge is 2.03. The van der Waals surface area contributed by atoms with Crippen molar-refractivity contribution >= 4 is 11.6 Å². The second kappa shape index (κ2) is 4.77. The number of hydrogen-bond donors (Lipinski definition) is 2. The average Bonchev–Trinajstić information content (AvgIpc) is 2.10. The molecule has 0 spiro atoms. The Bertz CT molecular complexity index is 372. The molecule has 0 unspecified atom stereocenters. The summed E-state index contributed by atoms with van der Waals surface area (Å²) in [6.07, 6.45) is 0. The number of guanidine groups is 1. The van der Waals surface area contributed by atoms with Crippen LogP contribution in [0.2, 0.25) is 0 Å². The largest absolute Gasteiger partial charge is 0.370 e. The molecule has 3 nitrogen and oxygen atoms in total. The van der Waals surface area contributed by atoms with Gasteiger partial charge in [-0.3, -0.25) is 4.99 Å². The molecule has 82 valence electrons. The standard InChI is InChI=1S/C11H16FN3/c1-7(2)14-11(13)15-10-6-8(3)4-5-9(10)12/h4-7H,1-3H3,(H3,13,14,15). The fraction of sp³-hybridized carbons (Fsp3) is 0.364. The predicted molar refractivity (Wildman–Crippen MR) is 61.5 cm³/mol. The van der Waals surface area contributed by atoms with Gasteiger partial charge in [0.05, 0.1) is 5.69 Å². The van der Waals surface area contributed by atoms with Crippen molar-refractivity contribution in [3.8, 4) is 0 Å². The summed E-state index contributed by atoms with van der Waals surface area (Å²) in [7, 11) is 0.